The lowest BCUT2D eigenvalue weighted by atomic mass is 10.1. The number of aromatic amines is 1. The number of hydrogen-bond donors (Lipinski definition) is 6. The number of amides is 1. The van der Waals surface area contributed by atoms with Gasteiger partial charge in [0.1, 0.15) is 24.1 Å². The molecular formula is C24H29N9O4S. The number of ether oxygens (including phenoxy) is 1. The average molecular weight is 540 g/mol. The molecule has 1 amide bonds. The predicted octanol–water partition coefficient (Wildman–Crippen LogP) is 0.185. The third kappa shape index (κ3) is 5.49. The molecule has 0 saturated carbocycles. The summed E-state index contributed by atoms with van der Waals surface area (Å²) >= 11 is 1.48. The fraction of sp³-hybridized carbons (Fsp3) is 0.375. The molecule has 1 aliphatic heterocycles. The number of aromatic nitrogens is 6. The van der Waals surface area contributed by atoms with Gasteiger partial charge in [0.05, 0.1) is 36.4 Å². The molecule has 4 aromatic rings. The minimum absolute atomic E-state index is 0.218. The van der Waals surface area contributed by atoms with Crippen LogP contribution in [0, 0.1) is 0 Å². The highest BCUT2D eigenvalue weighted by molar-refractivity contribution is 7.99. The van der Waals surface area contributed by atoms with Crippen molar-refractivity contribution in [1.29, 1.82) is 0 Å². The topological polar surface area (TPSA) is 203 Å². The second-order valence-electron chi connectivity index (χ2n) is 8.96. The zero-order valence-electron chi connectivity index (χ0n) is 20.3. The lowest BCUT2D eigenvalue weighted by Gasteiger charge is -2.16. The summed E-state index contributed by atoms with van der Waals surface area (Å²) < 4.78 is 7.47. The number of imidazole rings is 1. The number of anilines is 1. The van der Waals surface area contributed by atoms with Crippen LogP contribution in [0.15, 0.2) is 49.1 Å². The van der Waals surface area contributed by atoms with E-state index in [-0.39, 0.29) is 11.7 Å². The molecule has 0 radical (unpaired) electrons. The number of aliphatic hydroxyl groups excluding tert-OH is 2. The van der Waals surface area contributed by atoms with Crippen LogP contribution in [0.5, 0.6) is 0 Å². The number of H-pyrrole nitrogens is 1. The van der Waals surface area contributed by atoms with Gasteiger partial charge in [-0.3, -0.25) is 14.5 Å². The number of hydrogen-bond acceptors (Lipinski definition) is 11. The summed E-state index contributed by atoms with van der Waals surface area (Å²) in [6, 6.07) is 11.0. The lowest BCUT2D eigenvalue weighted by Crippen LogP contribution is -2.40. The maximum Gasteiger partial charge on any atom is 0.237 e. The van der Waals surface area contributed by atoms with Crippen LogP contribution in [0.1, 0.15) is 18.3 Å². The molecular weight excluding hydrogens is 510 g/mol. The summed E-state index contributed by atoms with van der Waals surface area (Å²) in [7, 11) is 0. The van der Waals surface area contributed by atoms with Crippen LogP contribution in [-0.4, -0.2) is 81.7 Å². The van der Waals surface area contributed by atoms with Crippen LogP contribution >= 0.6 is 11.8 Å². The molecule has 1 aromatic carbocycles. The molecule has 4 heterocycles. The molecule has 3 aromatic heterocycles. The Labute approximate surface area is 222 Å². The van der Waals surface area contributed by atoms with E-state index in [0.29, 0.717) is 35.6 Å². The zero-order valence-corrected chi connectivity index (χ0v) is 21.2. The molecule has 5 atom stereocenters. The third-order valence-corrected chi connectivity index (χ3v) is 7.43. The number of rotatable bonds is 10. The van der Waals surface area contributed by atoms with Crippen LogP contribution in [-0.2, 0) is 16.1 Å². The van der Waals surface area contributed by atoms with Crippen molar-refractivity contribution in [1.82, 2.24) is 35.0 Å². The van der Waals surface area contributed by atoms with E-state index in [2.05, 4.69) is 30.5 Å². The summed E-state index contributed by atoms with van der Waals surface area (Å²) in [5, 5.41) is 31.1. The summed E-state index contributed by atoms with van der Waals surface area (Å²) in [5.41, 5.74) is 15.3. The summed E-state index contributed by atoms with van der Waals surface area (Å²) in [4.78, 5) is 24.7. The van der Waals surface area contributed by atoms with Gasteiger partial charge in [-0.2, -0.15) is 16.9 Å². The Hall–Kier alpha value is -3.56. The van der Waals surface area contributed by atoms with E-state index in [9.17, 15) is 15.0 Å². The van der Waals surface area contributed by atoms with Crippen LogP contribution in [0.4, 0.5) is 5.82 Å². The normalized spacial score (nSPS) is 22.1. The number of carbonyl (C=O) groups excluding carboxylic acids is 1. The van der Waals surface area contributed by atoms with Gasteiger partial charge < -0.3 is 31.7 Å². The zero-order chi connectivity index (χ0) is 26.6. The molecule has 0 bridgehead atoms. The van der Waals surface area contributed by atoms with Gasteiger partial charge in [-0.05, 0) is 18.2 Å². The van der Waals surface area contributed by atoms with Gasteiger partial charge in [0.15, 0.2) is 17.7 Å². The Morgan fingerprint density at radius 1 is 1.21 bits per heavy atom. The molecule has 8 N–H and O–H groups in total. The molecule has 38 heavy (non-hydrogen) atoms. The molecule has 200 valence electrons. The quantitative estimate of drug-likeness (QED) is 0.150. The molecule has 1 saturated heterocycles. The Bertz CT molecular complexity index is 1380. The molecule has 1 fully saturated rings. The highest BCUT2D eigenvalue weighted by atomic mass is 32.2. The number of fused-ring (bicyclic) bond motifs is 1. The summed E-state index contributed by atoms with van der Waals surface area (Å²) in [5.74, 6) is 0.934. The first-order chi connectivity index (χ1) is 18.4. The van der Waals surface area contributed by atoms with Gasteiger partial charge >= 0.3 is 0 Å². The first-order valence-corrected chi connectivity index (χ1v) is 13.2. The number of nitrogens with one attached hydrogen (secondary N) is 2. The average Bonchev–Trinajstić information content (AvgIpc) is 3.65. The van der Waals surface area contributed by atoms with Gasteiger partial charge in [-0.25, -0.2) is 15.0 Å². The van der Waals surface area contributed by atoms with Crippen molar-refractivity contribution < 1.29 is 19.7 Å². The summed E-state index contributed by atoms with van der Waals surface area (Å²) in [6.07, 6.45) is -0.574. The molecule has 5 rings (SSSR count). The Morgan fingerprint density at radius 2 is 2.03 bits per heavy atom. The lowest BCUT2D eigenvalue weighted by molar-refractivity contribution is -0.122. The van der Waals surface area contributed by atoms with Gasteiger partial charge in [0, 0.05) is 11.3 Å². The standard InChI is InChI=1S/C24H29N9O4S/c25-15(23(36)27-9-14-8-16(32-31-14)13-4-2-1-3-5-13)6-7-38-10-17-19(34)20(35)24(37-17)33-12-30-18-21(26)28-11-29-22(18)33/h1-5,8,11-12,15,17,19-20,24,34-35H,6-7,9-10,25H2,(H,27,36)(H,31,32)(H2,26,28,29)/t15-,17-,19-,20-,24-/m0/s1. The van der Waals surface area contributed by atoms with Crippen molar-refractivity contribution in [3.8, 4) is 11.3 Å². The van der Waals surface area contributed by atoms with Crippen molar-refractivity contribution in [2.45, 2.75) is 43.5 Å². The number of thioether (sulfide) groups is 1. The fourth-order valence-electron chi connectivity index (χ4n) is 4.22. The van der Waals surface area contributed by atoms with E-state index in [1.54, 1.807) is 0 Å². The molecule has 13 nitrogen and oxygen atoms in total. The van der Waals surface area contributed by atoms with E-state index in [1.807, 2.05) is 36.4 Å². The molecule has 0 spiro atoms. The Balaban J connectivity index is 1.06. The maximum absolute atomic E-state index is 12.4. The predicted molar refractivity (Wildman–Crippen MR) is 141 cm³/mol. The maximum atomic E-state index is 12.4. The number of benzene rings is 1. The number of nitrogens with two attached hydrogens (primary N) is 2. The van der Waals surface area contributed by atoms with Crippen molar-refractivity contribution >= 4 is 34.7 Å². The van der Waals surface area contributed by atoms with E-state index < -0.39 is 30.6 Å². The van der Waals surface area contributed by atoms with Crippen molar-refractivity contribution in [2.75, 3.05) is 17.2 Å². The number of carbonyl (C=O) groups is 1. The first kappa shape index (κ1) is 26.1. The van der Waals surface area contributed by atoms with E-state index >= 15 is 0 Å². The number of aliphatic hydroxyl groups is 2. The second-order valence-corrected chi connectivity index (χ2v) is 10.1. The monoisotopic (exact) mass is 539 g/mol. The molecule has 14 heteroatoms. The van der Waals surface area contributed by atoms with Crippen molar-refractivity contribution in [3.05, 3.63) is 54.7 Å². The molecule has 0 aliphatic carbocycles. The molecule has 1 aliphatic rings. The largest absolute Gasteiger partial charge is 0.387 e. The van der Waals surface area contributed by atoms with Crippen LogP contribution < -0.4 is 16.8 Å². The van der Waals surface area contributed by atoms with Crippen molar-refractivity contribution in [2.24, 2.45) is 5.73 Å². The summed E-state index contributed by atoms with van der Waals surface area (Å²) in [6.45, 7) is 0.292. The first-order valence-electron chi connectivity index (χ1n) is 12.1. The fourth-order valence-corrected chi connectivity index (χ4v) is 5.31. The van der Waals surface area contributed by atoms with E-state index in [0.717, 1.165) is 17.0 Å². The second kappa shape index (κ2) is 11.4. The van der Waals surface area contributed by atoms with Gasteiger partial charge in [-0.15, -0.1) is 0 Å². The smallest absolute Gasteiger partial charge is 0.237 e. The van der Waals surface area contributed by atoms with Crippen LogP contribution in [0.2, 0.25) is 0 Å². The highest BCUT2D eigenvalue weighted by Gasteiger charge is 2.44. The Kier molecular flexibility index (Phi) is 7.85. The SMILES string of the molecule is Nc1ncnc2c1ncn2[C@H]1O[C@@H](CSCC[C@H](N)C(=O)NCc2cc(-c3ccccc3)n[nH]2)[C@H](O)[C@@H]1O. The van der Waals surface area contributed by atoms with E-state index in [4.69, 9.17) is 16.2 Å². The Morgan fingerprint density at radius 3 is 2.84 bits per heavy atom. The van der Waals surface area contributed by atoms with Crippen molar-refractivity contribution in [3.63, 3.8) is 0 Å². The van der Waals surface area contributed by atoms with E-state index in [1.165, 1.54) is 29.0 Å². The van der Waals surface area contributed by atoms with Gasteiger partial charge in [0.25, 0.3) is 0 Å². The van der Waals surface area contributed by atoms with Crippen LogP contribution in [0.3, 0.4) is 0 Å². The minimum atomic E-state index is -1.17. The third-order valence-electron chi connectivity index (χ3n) is 6.34. The van der Waals surface area contributed by atoms with Gasteiger partial charge in [-0.1, -0.05) is 30.3 Å². The highest BCUT2D eigenvalue weighted by Crippen LogP contribution is 2.33. The molecule has 0 unspecified atom stereocenters. The number of nitrogen functional groups attached to an aromatic ring is 1. The van der Waals surface area contributed by atoms with Gasteiger partial charge in [0.2, 0.25) is 5.91 Å². The van der Waals surface area contributed by atoms with Crippen LogP contribution in [0.25, 0.3) is 22.4 Å². The minimum Gasteiger partial charge on any atom is -0.387 e. The number of nitrogens with zero attached hydrogens (tertiary/aromatic N) is 5.